The van der Waals surface area contributed by atoms with Crippen LogP contribution in [0.5, 0.6) is 0 Å². The predicted octanol–water partition coefficient (Wildman–Crippen LogP) is 3.35. The van der Waals surface area contributed by atoms with Gasteiger partial charge in [-0.15, -0.1) is 11.3 Å². The Morgan fingerprint density at radius 3 is 2.75 bits per heavy atom. The first-order chi connectivity index (χ1) is 7.51. The molecule has 1 atom stereocenters. The second-order valence-electron chi connectivity index (χ2n) is 3.46. The third-order valence-electron chi connectivity index (χ3n) is 2.38. The molecule has 16 heavy (non-hydrogen) atoms. The molecule has 1 unspecified atom stereocenters. The lowest BCUT2D eigenvalue weighted by atomic mass is 10.2. The highest BCUT2D eigenvalue weighted by Gasteiger charge is 2.18. The minimum absolute atomic E-state index is 0.0970. The molecule has 1 aromatic heterocycles. The molecule has 1 aromatic rings. The molecule has 1 rings (SSSR count). The molecule has 0 radical (unpaired) electrons. The van der Waals surface area contributed by atoms with E-state index in [0.717, 1.165) is 16.9 Å². The van der Waals surface area contributed by atoms with Crippen molar-refractivity contribution < 1.29 is 4.79 Å². The Hall–Kier alpha value is -0.860. The molecule has 1 amide bonds. The summed E-state index contributed by atoms with van der Waals surface area (Å²) >= 11 is 4.73. The molecular weight excluding hydrogens is 288 g/mol. The van der Waals surface area contributed by atoms with Gasteiger partial charge in [0.2, 0.25) is 5.91 Å². The third-order valence-corrected chi connectivity index (χ3v) is 4.56. The number of nitrogens with one attached hydrogen (secondary N) is 1. The van der Waals surface area contributed by atoms with Crippen molar-refractivity contribution in [1.82, 2.24) is 0 Å². The van der Waals surface area contributed by atoms with Crippen molar-refractivity contribution in [3.63, 3.8) is 0 Å². The number of carbonyl (C=O) groups excluding carboxylic acids is 1. The zero-order valence-corrected chi connectivity index (χ0v) is 11.8. The number of hydrogen-bond acceptors (Lipinski definition) is 3. The van der Waals surface area contributed by atoms with Gasteiger partial charge in [-0.25, -0.2) is 0 Å². The van der Waals surface area contributed by atoms with Gasteiger partial charge < -0.3 is 5.32 Å². The van der Waals surface area contributed by atoms with Crippen LogP contribution in [0.4, 0.5) is 5.00 Å². The summed E-state index contributed by atoms with van der Waals surface area (Å²) in [5.41, 5.74) is 1.53. The van der Waals surface area contributed by atoms with Crippen LogP contribution in [0.15, 0.2) is 0 Å². The van der Waals surface area contributed by atoms with Crippen LogP contribution in [0.2, 0.25) is 0 Å². The van der Waals surface area contributed by atoms with Crippen LogP contribution in [0, 0.1) is 25.2 Å². The van der Waals surface area contributed by atoms with Crippen molar-refractivity contribution in [2.24, 2.45) is 0 Å². The quantitative estimate of drug-likeness (QED) is 0.870. The molecule has 0 aliphatic heterocycles. The third kappa shape index (κ3) is 2.63. The number of alkyl halides is 1. The van der Waals surface area contributed by atoms with Crippen molar-refractivity contribution >= 4 is 38.2 Å². The molecule has 1 heterocycles. The Morgan fingerprint density at radius 2 is 2.25 bits per heavy atom. The summed E-state index contributed by atoms with van der Waals surface area (Å²) < 4.78 is 0. The standard InChI is InChI=1S/C11H13BrN2OS/c1-4-9(12)10(15)14-11-8(5-13)6(2)7(3)16-11/h9H,4H2,1-3H3,(H,14,15). The zero-order valence-electron chi connectivity index (χ0n) is 9.43. The second kappa shape index (κ2) is 5.46. The second-order valence-corrected chi connectivity index (χ2v) is 5.79. The summed E-state index contributed by atoms with van der Waals surface area (Å²) in [6.07, 6.45) is 0.719. The van der Waals surface area contributed by atoms with Gasteiger partial charge in [0.25, 0.3) is 0 Å². The Balaban J connectivity index is 2.95. The molecule has 0 saturated carbocycles. The SMILES string of the molecule is CCC(Br)C(=O)Nc1sc(C)c(C)c1C#N. The van der Waals surface area contributed by atoms with Crippen molar-refractivity contribution in [1.29, 1.82) is 5.26 Å². The number of amides is 1. The minimum atomic E-state index is -0.207. The van der Waals surface area contributed by atoms with E-state index in [-0.39, 0.29) is 10.7 Å². The van der Waals surface area contributed by atoms with E-state index in [9.17, 15) is 4.79 Å². The number of aryl methyl sites for hydroxylation is 1. The average molecular weight is 301 g/mol. The molecule has 0 spiro atoms. The molecule has 1 N–H and O–H groups in total. The summed E-state index contributed by atoms with van der Waals surface area (Å²) in [7, 11) is 0. The lowest BCUT2D eigenvalue weighted by molar-refractivity contribution is -0.115. The van der Waals surface area contributed by atoms with Crippen LogP contribution < -0.4 is 5.32 Å². The van der Waals surface area contributed by atoms with E-state index in [4.69, 9.17) is 5.26 Å². The van der Waals surface area contributed by atoms with Crippen LogP contribution in [0.3, 0.4) is 0 Å². The maximum absolute atomic E-state index is 11.7. The van der Waals surface area contributed by atoms with Gasteiger partial charge in [-0.05, 0) is 25.8 Å². The Bertz CT molecular complexity index is 448. The first-order valence-corrected chi connectivity index (χ1v) is 6.69. The predicted molar refractivity (Wildman–Crippen MR) is 70.1 cm³/mol. The molecule has 0 bridgehead atoms. The van der Waals surface area contributed by atoms with Crippen molar-refractivity contribution in [3.8, 4) is 6.07 Å². The van der Waals surface area contributed by atoms with E-state index >= 15 is 0 Å². The lowest BCUT2D eigenvalue weighted by Crippen LogP contribution is -2.21. The van der Waals surface area contributed by atoms with Gasteiger partial charge in [0, 0.05) is 4.88 Å². The van der Waals surface area contributed by atoms with E-state index in [2.05, 4.69) is 27.3 Å². The number of nitrogens with zero attached hydrogens (tertiary/aromatic N) is 1. The molecule has 5 heteroatoms. The van der Waals surface area contributed by atoms with E-state index < -0.39 is 0 Å². The van der Waals surface area contributed by atoms with E-state index in [1.807, 2.05) is 20.8 Å². The molecule has 0 aliphatic carbocycles. The maximum atomic E-state index is 11.7. The summed E-state index contributed by atoms with van der Waals surface area (Å²) in [5, 5.41) is 12.5. The summed E-state index contributed by atoms with van der Waals surface area (Å²) in [5.74, 6) is -0.0970. The highest BCUT2D eigenvalue weighted by molar-refractivity contribution is 9.10. The summed E-state index contributed by atoms with van der Waals surface area (Å²) in [4.78, 5) is 12.5. The minimum Gasteiger partial charge on any atom is -0.316 e. The van der Waals surface area contributed by atoms with Crippen LogP contribution >= 0.6 is 27.3 Å². The van der Waals surface area contributed by atoms with Crippen LogP contribution in [0.25, 0.3) is 0 Å². The molecule has 0 aromatic carbocycles. The maximum Gasteiger partial charge on any atom is 0.238 e. The number of halogens is 1. The highest BCUT2D eigenvalue weighted by atomic mass is 79.9. The topological polar surface area (TPSA) is 52.9 Å². The van der Waals surface area contributed by atoms with Crippen LogP contribution in [0.1, 0.15) is 29.3 Å². The monoisotopic (exact) mass is 300 g/mol. The molecule has 0 fully saturated rings. The van der Waals surface area contributed by atoms with Gasteiger partial charge >= 0.3 is 0 Å². The fourth-order valence-corrected chi connectivity index (χ4v) is 2.35. The number of rotatable bonds is 3. The largest absolute Gasteiger partial charge is 0.316 e. The fraction of sp³-hybridized carbons (Fsp3) is 0.455. The number of thiophene rings is 1. The van der Waals surface area contributed by atoms with Crippen LogP contribution in [-0.2, 0) is 4.79 Å². The number of carbonyl (C=O) groups is 1. The Morgan fingerprint density at radius 1 is 1.62 bits per heavy atom. The first-order valence-electron chi connectivity index (χ1n) is 4.96. The van der Waals surface area contributed by atoms with Gasteiger partial charge in [0.15, 0.2) is 0 Å². The Labute approximate surface area is 108 Å². The molecule has 0 saturated heterocycles. The number of hydrogen-bond donors (Lipinski definition) is 1. The fourth-order valence-electron chi connectivity index (χ4n) is 1.23. The van der Waals surface area contributed by atoms with Crippen molar-refractivity contribution in [2.75, 3.05) is 5.32 Å². The van der Waals surface area contributed by atoms with E-state index in [0.29, 0.717) is 10.6 Å². The number of anilines is 1. The van der Waals surface area contributed by atoms with Crippen molar-refractivity contribution in [2.45, 2.75) is 32.0 Å². The summed E-state index contributed by atoms with van der Waals surface area (Å²) in [6.45, 7) is 5.77. The molecule has 3 nitrogen and oxygen atoms in total. The average Bonchev–Trinajstić information content (AvgIpc) is 2.53. The number of nitriles is 1. The van der Waals surface area contributed by atoms with Gasteiger partial charge in [-0.1, -0.05) is 22.9 Å². The van der Waals surface area contributed by atoms with Gasteiger partial charge in [0.1, 0.15) is 11.1 Å². The summed E-state index contributed by atoms with van der Waals surface area (Å²) in [6, 6.07) is 2.13. The van der Waals surface area contributed by atoms with E-state index in [1.165, 1.54) is 11.3 Å². The van der Waals surface area contributed by atoms with Gasteiger partial charge in [-0.2, -0.15) is 5.26 Å². The van der Waals surface area contributed by atoms with Gasteiger partial charge in [0.05, 0.1) is 10.4 Å². The van der Waals surface area contributed by atoms with Crippen molar-refractivity contribution in [3.05, 3.63) is 16.0 Å². The normalized spacial score (nSPS) is 11.9. The zero-order chi connectivity index (χ0) is 12.3. The van der Waals surface area contributed by atoms with E-state index in [1.54, 1.807) is 0 Å². The lowest BCUT2D eigenvalue weighted by Gasteiger charge is -2.06. The Kier molecular flexibility index (Phi) is 4.51. The highest BCUT2D eigenvalue weighted by Crippen LogP contribution is 2.31. The van der Waals surface area contributed by atoms with Crippen LogP contribution in [-0.4, -0.2) is 10.7 Å². The van der Waals surface area contributed by atoms with Gasteiger partial charge in [-0.3, -0.25) is 4.79 Å². The molecular formula is C11H13BrN2OS. The molecule has 86 valence electrons. The molecule has 0 aliphatic rings. The first kappa shape index (κ1) is 13.2. The smallest absolute Gasteiger partial charge is 0.238 e.